The summed E-state index contributed by atoms with van der Waals surface area (Å²) in [5.41, 5.74) is 4.48. The lowest BCUT2D eigenvalue weighted by atomic mass is 9.90. The van der Waals surface area contributed by atoms with E-state index < -0.39 is 8.07 Å². The van der Waals surface area contributed by atoms with E-state index in [2.05, 4.69) is 24.5 Å². The molecule has 0 aromatic heterocycles. The zero-order chi connectivity index (χ0) is 13.6. The monoisotopic (exact) mass is 280 g/mol. The maximum Gasteiger partial charge on any atom is 0.485 e. The van der Waals surface area contributed by atoms with Gasteiger partial charge in [0.1, 0.15) is 0 Å². The Morgan fingerprint density at radius 1 is 0.737 bits per heavy atom. The molecule has 0 radical (unpaired) electrons. The molecule has 0 N–H and O–H groups in total. The van der Waals surface area contributed by atoms with Gasteiger partial charge in [-0.1, -0.05) is 36.4 Å². The van der Waals surface area contributed by atoms with Crippen molar-refractivity contribution in [3.63, 3.8) is 0 Å². The van der Waals surface area contributed by atoms with Crippen molar-refractivity contribution in [2.45, 2.75) is 25.9 Å². The van der Waals surface area contributed by atoms with Crippen LogP contribution in [-0.4, -0.2) is 48.7 Å². The van der Waals surface area contributed by atoms with Crippen LogP contribution < -0.4 is 0 Å². The number of hydrogen-bond acceptors (Lipinski definition) is 4. The van der Waals surface area contributed by atoms with Gasteiger partial charge in [0.25, 0.3) is 0 Å². The van der Waals surface area contributed by atoms with Crippen LogP contribution in [0, 0.1) is 0 Å². The zero-order valence-corrected chi connectivity index (χ0v) is 12.8. The van der Waals surface area contributed by atoms with Crippen LogP contribution in [0.2, 0.25) is 13.1 Å². The lowest BCUT2D eigenvalue weighted by Crippen LogP contribution is -2.31. The maximum atomic E-state index is 5.51. The highest BCUT2D eigenvalue weighted by Gasteiger charge is 2.23. The summed E-state index contributed by atoms with van der Waals surface area (Å²) in [5.74, 6) is 4.08. The number of rotatable bonds is 4. The standard InChI is InChI=1S/C12H22B2O4Si/c1-19(2,11-5-13-15-7-3-8-16-13)12-6-14-17-9-4-10-18-14/h5-6,11-12H,3-4,7-10H2,1-2H3/b11-5+,12-6+. The molecule has 2 rings (SSSR count). The van der Waals surface area contributed by atoms with E-state index in [0.717, 1.165) is 39.3 Å². The molecule has 0 aromatic rings. The van der Waals surface area contributed by atoms with E-state index in [1.54, 1.807) is 0 Å². The van der Waals surface area contributed by atoms with E-state index in [9.17, 15) is 0 Å². The van der Waals surface area contributed by atoms with Gasteiger partial charge < -0.3 is 18.6 Å². The first-order chi connectivity index (χ1) is 9.16. The molecule has 0 spiro atoms. The predicted octanol–water partition coefficient (Wildman–Crippen LogP) is 1.81. The summed E-state index contributed by atoms with van der Waals surface area (Å²) in [6.45, 7) is 7.69. The molecule has 2 heterocycles. The van der Waals surface area contributed by atoms with Crippen molar-refractivity contribution in [1.29, 1.82) is 0 Å². The molecule has 0 unspecified atom stereocenters. The first-order valence-electron chi connectivity index (χ1n) is 7.01. The third-order valence-electron chi connectivity index (χ3n) is 3.07. The second-order valence-electron chi connectivity index (χ2n) is 5.47. The molecule has 104 valence electrons. The zero-order valence-electron chi connectivity index (χ0n) is 11.8. The van der Waals surface area contributed by atoms with Crippen LogP contribution in [-0.2, 0) is 18.6 Å². The van der Waals surface area contributed by atoms with Crippen molar-refractivity contribution < 1.29 is 18.6 Å². The van der Waals surface area contributed by atoms with Crippen molar-refractivity contribution in [1.82, 2.24) is 0 Å². The maximum absolute atomic E-state index is 5.51. The first-order valence-corrected chi connectivity index (χ1v) is 10.2. The molecule has 19 heavy (non-hydrogen) atoms. The van der Waals surface area contributed by atoms with Crippen molar-refractivity contribution in [3.05, 3.63) is 23.3 Å². The Morgan fingerprint density at radius 2 is 1.11 bits per heavy atom. The van der Waals surface area contributed by atoms with Crippen LogP contribution in [0.4, 0.5) is 0 Å². The molecule has 0 aliphatic carbocycles. The second-order valence-corrected chi connectivity index (χ2v) is 9.78. The van der Waals surface area contributed by atoms with Crippen molar-refractivity contribution >= 4 is 22.3 Å². The van der Waals surface area contributed by atoms with Crippen LogP contribution in [0.15, 0.2) is 23.3 Å². The van der Waals surface area contributed by atoms with E-state index in [0.29, 0.717) is 0 Å². The Kier molecular flexibility index (Phi) is 5.91. The van der Waals surface area contributed by atoms with E-state index in [4.69, 9.17) is 18.6 Å². The van der Waals surface area contributed by atoms with Gasteiger partial charge >= 0.3 is 14.2 Å². The van der Waals surface area contributed by atoms with E-state index >= 15 is 0 Å². The van der Waals surface area contributed by atoms with Gasteiger partial charge in [-0.05, 0) is 12.8 Å². The van der Waals surface area contributed by atoms with Gasteiger partial charge in [-0.15, -0.1) is 0 Å². The van der Waals surface area contributed by atoms with Crippen LogP contribution in [0.5, 0.6) is 0 Å². The van der Waals surface area contributed by atoms with Gasteiger partial charge in [-0.25, -0.2) is 0 Å². The largest absolute Gasteiger partial charge is 0.485 e. The first kappa shape index (κ1) is 15.1. The fourth-order valence-corrected chi connectivity index (χ4v) is 3.36. The minimum absolute atomic E-state index is 0.170. The van der Waals surface area contributed by atoms with E-state index in [-0.39, 0.29) is 14.2 Å². The van der Waals surface area contributed by atoms with Crippen molar-refractivity contribution in [2.75, 3.05) is 26.4 Å². The van der Waals surface area contributed by atoms with Gasteiger partial charge in [-0.2, -0.15) is 0 Å². The molecule has 0 aromatic carbocycles. The third kappa shape index (κ3) is 5.66. The molecule has 2 aliphatic heterocycles. The van der Waals surface area contributed by atoms with E-state index in [1.165, 1.54) is 0 Å². The molecule has 2 fully saturated rings. The normalized spacial score (nSPS) is 22.6. The average molecular weight is 280 g/mol. The summed E-state index contributed by atoms with van der Waals surface area (Å²) < 4.78 is 22.0. The Labute approximate surface area is 117 Å². The van der Waals surface area contributed by atoms with Gasteiger partial charge in [0.15, 0.2) is 0 Å². The highest BCUT2D eigenvalue weighted by atomic mass is 28.3. The van der Waals surface area contributed by atoms with Crippen LogP contribution in [0.25, 0.3) is 0 Å². The minimum atomic E-state index is -1.55. The molecule has 2 saturated heterocycles. The van der Waals surface area contributed by atoms with Crippen LogP contribution >= 0.6 is 0 Å². The van der Waals surface area contributed by atoms with Gasteiger partial charge in [0, 0.05) is 26.4 Å². The summed E-state index contributed by atoms with van der Waals surface area (Å²) in [6, 6.07) is 0. The summed E-state index contributed by atoms with van der Waals surface area (Å²) in [4.78, 5) is 0. The van der Waals surface area contributed by atoms with Crippen molar-refractivity contribution in [3.8, 4) is 0 Å². The number of hydrogen-bond donors (Lipinski definition) is 0. The molecule has 0 saturated carbocycles. The summed E-state index contributed by atoms with van der Waals surface area (Å²) in [6.07, 6.45) is 1.98. The fourth-order valence-electron chi connectivity index (χ4n) is 1.94. The molecule has 2 aliphatic rings. The third-order valence-corrected chi connectivity index (χ3v) is 5.17. The van der Waals surface area contributed by atoms with Gasteiger partial charge in [-0.3, -0.25) is 0 Å². The Balaban J connectivity index is 1.82. The SMILES string of the molecule is C[Si](C)(/C=C/B1OCCCO1)/C=C/B1OCCCO1. The smallest absolute Gasteiger partial charge is 0.408 e. The predicted molar refractivity (Wildman–Crippen MR) is 80.3 cm³/mol. The molecule has 7 heteroatoms. The second kappa shape index (κ2) is 7.45. The minimum Gasteiger partial charge on any atom is -0.408 e. The lowest BCUT2D eigenvalue weighted by molar-refractivity contribution is 0.142. The van der Waals surface area contributed by atoms with Gasteiger partial charge in [0.05, 0.1) is 8.07 Å². The Morgan fingerprint density at radius 3 is 1.47 bits per heavy atom. The topological polar surface area (TPSA) is 36.9 Å². The molecule has 0 amide bonds. The van der Waals surface area contributed by atoms with Gasteiger partial charge in [0.2, 0.25) is 0 Å². The Bertz CT molecular complexity index is 294. The quantitative estimate of drug-likeness (QED) is 0.736. The van der Waals surface area contributed by atoms with Crippen molar-refractivity contribution in [2.24, 2.45) is 0 Å². The Hall–Kier alpha value is -0.333. The summed E-state index contributed by atoms with van der Waals surface area (Å²) >= 11 is 0. The highest BCUT2D eigenvalue weighted by Crippen LogP contribution is 2.11. The summed E-state index contributed by atoms with van der Waals surface area (Å²) in [7, 11) is -1.89. The average Bonchev–Trinajstić information content (AvgIpc) is 2.46. The molecule has 0 atom stereocenters. The highest BCUT2D eigenvalue weighted by molar-refractivity contribution is 6.88. The van der Waals surface area contributed by atoms with Crippen LogP contribution in [0.1, 0.15) is 12.8 Å². The molecular weight excluding hydrogens is 258 g/mol. The summed E-state index contributed by atoms with van der Waals surface area (Å²) in [5, 5.41) is 0. The lowest BCUT2D eigenvalue weighted by Gasteiger charge is -2.20. The fraction of sp³-hybridized carbons (Fsp3) is 0.667. The molecular formula is C12H22B2O4Si. The van der Waals surface area contributed by atoms with Crippen LogP contribution in [0.3, 0.4) is 0 Å². The molecule has 4 nitrogen and oxygen atoms in total. The van der Waals surface area contributed by atoms with E-state index in [1.807, 2.05) is 12.0 Å². The molecule has 0 bridgehead atoms.